The van der Waals surface area contributed by atoms with Crippen molar-refractivity contribution in [2.24, 2.45) is 0 Å². The van der Waals surface area contributed by atoms with Gasteiger partial charge in [0.1, 0.15) is 6.17 Å². The number of anilines is 1. The fourth-order valence-electron chi connectivity index (χ4n) is 3.46. The van der Waals surface area contributed by atoms with Crippen LogP contribution in [0.5, 0.6) is 0 Å². The highest BCUT2D eigenvalue weighted by molar-refractivity contribution is 5.95. The minimum Gasteiger partial charge on any atom is -0.365 e. The molecule has 2 nitrogen and oxygen atoms in total. The Morgan fingerprint density at radius 1 is 1.00 bits per heavy atom. The first-order valence-electron chi connectivity index (χ1n) is 14.6. The molecule has 0 amide bonds. The summed E-state index contributed by atoms with van der Waals surface area (Å²) in [5.74, 6) is 0. The van der Waals surface area contributed by atoms with Crippen molar-refractivity contribution in [2.75, 3.05) is 4.90 Å². The molecule has 1 N–H and O–H groups in total. The third kappa shape index (κ3) is 2.05. The monoisotopic (exact) mass is 351 g/mol. The van der Waals surface area contributed by atoms with Crippen LogP contribution in [0.3, 0.4) is 0 Å². The van der Waals surface area contributed by atoms with E-state index in [9.17, 15) is 0 Å². The predicted molar refractivity (Wildman–Crippen MR) is 109 cm³/mol. The Bertz CT molecular complexity index is 1660. The van der Waals surface area contributed by atoms with E-state index in [1.165, 1.54) is 24.8 Å². The standard InChI is InChI=1S/C24H22N2/c1-15-11-12-21-20(13-15)18-9-4-5-10-19(18)24-25-14-22(26(21)24)23-16(2)7-6-8-17(23)3/h4-14,24-25H,1-3H3/i2D3,4D,5D,6D,7D,8D,9D,11D,12D,13D,14D. The van der Waals surface area contributed by atoms with Gasteiger partial charge >= 0.3 is 0 Å². The summed E-state index contributed by atoms with van der Waals surface area (Å²) in [6.07, 6.45) is -1.41. The molecule has 0 fully saturated rings. The van der Waals surface area contributed by atoms with Gasteiger partial charge in [0.25, 0.3) is 0 Å². The van der Waals surface area contributed by atoms with E-state index in [0.29, 0.717) is 0 Å². The zero-order chi connectivity index (χ0) is 29.0. The van der Waals surface area contributed by atoms with Gasteiger partial charge in [-0.3, -0.25) is 0 Å². The van der Waals surface area contributed by atoms with E-state index in [0.717, 1.165) is 0 Å². The average molecular weight is 352 g/mol. The molecule has 0 bridgehead atoms. The van der Waals surface area contributed by atoms with Crippen LogP contribution in [0.15, 0.2) is 66.6 Å². The lowest BCUT2D eigenvalue weighted by atomic mass is 9.89. The van der Waals surface area contributed by atoms with Crippen LogP contribution in [0.1, 0.15) is 51.8 Å². The molecule has 0 saturated heterocycles. The molecule has 5 rings (SSSR count). The third-order valence-electron chi connectivity index (χ3n) is 4.60. The fourth-order valence-corrected chi connectivity index (χ4v) is 3.46. The van der Waals surface area contributed by atoms with Crippen molar-refractivity contribution >= 4 is 11.4 Å². The van der Waals surface area contributed by atoms with E-state index in [1.54, 1.807) is 0 Å². The summed E-state index contributed by atoms with van der Waals surface area (Å²) in [6.45, 7) is -0.0183. The molecular formula is C24H22N2. The molecule has 0 radical (unpaired) electrons. The van der Waals surface area contributed by atoms with Crippen LogP contribution in [-0.4, -0.2) is 0 Å². The normalized spacial score (nSPS) is 25.1. The SMILES string of the molecule is [2H]C1=C(c2c(C)c([2H])c([2H])c([2H])c2C([2H])([2H])[2H])N2c3c([2H])c([2H])c(C)c([2H])c3-c3c(cc([2H])c([2H])c3[2H])C2N1. The lowest BCUT2D eigenvalue weighted by molar-refractivity contribution is 0.666. The Morgan fingerprint density at radius 2 is 1.88 bits per heavy atom. The minimum absolute atomic E-state index is 0.0244. The molecule has 3 aromatic rings. The van der Waals surface area contributed by atoms with Crippen LogP contribution in [0, 0.1) is 20.7 Å². The Labute approximate surface area is 173 Å². The van der Waals surface area contributed by atoms with Gasteiger partial charge in [0.2, 0.25) is 0 Å². The molecular weight excluding hydrogens is 316 g/mol. The lowest BCUT2D eigenvalue weighted by Crippen LogP contribution is -2.32. The number of hydrogen-bond acceptors (Lipinski definition) is 2. The Kier molecular flexibility index (Phi) is 1.47. The van der Waals surface area contributed by atoms with Gasteiger partial charge in [-0.15, -0.1) is 0 Å². The summed E-state index contributed by atoms with van der Waals surface area (Å²) in [5.41, 5.74) is -0.335. The number of rotatable bonds is 1. The van der Waals surface area contributed by atoms with Crippen molar-refractivity contribution in [3.8, 4) is 11.1 Å². The van der Waals surface area contributed by atoms with Crippen LogP contribution >= 0.6 is 0 Å². The predicted octanol–water partition coefficient (Wildman–Crippen LogP) is 5.70. The molecule has 2 heterocycles. The maximum Gasteiger partial charge on any atom is 0.130 e. The summed E-state index contributed by atoms with van der Waals surface area (Å²) >= 11 is 0. The summed E-state index contributed by atoms with van der Waals surface area (Å²) in [4.78, 5) is 1.36. The molecule has 0 saturated carbocycles. The molecule has 0 aromatic heterocycles. The lowest BCUT2D eigenvalue weighted by Gasteiger charge is -2.37. The molecule has 2 aliphatic rings. The maximum atomic E-state index is 8.85. The van der Waals surface area contributed by atoms with E-state index < -0.39 is 42.8 Å². The topological polar surface area (TPSA) is 15.3 Å². The molecule has 0 spiro atoms. The molecule has 3 aromatic carbocycles. The quantitative estimate of drug-likeness (QED) is 0.605. The van der Waals surface area contributed by atoms with E-state index in [1.807, 2.05) is 0 Å². The summed E-state index contributed by atoms with van der Waals surface area (Å²) in [5, 5.41) is 2.90. The van der Waals surface area contributed by atoms with Crippen LogP contribution in [0.25, 0.3) is 16.8 Å². The number of nitrogens with zero attached hydrogens (tertiary/aromatic N) is 1. The Hall–Kier alpha value is -3.00. The van der Waals surface area contributed by atoms with E-state index >= 15 is 0 Å². The average Bonchev–Trinajstić information content (AvgIpc) is 3.20. The molecule has 0 aliphatic carbocycles. The minimum atomic E-state index is -2.91. The van der Waals surface area contributed by atoms with Crippen LogP contribution in [0.4, 0.5) is 5.69 Å². The molecule has 1 unspecified atom stereocenters. The third-order valence-corrected chi connectivity index (χ3v) is 4.60. The fraction of sp³-hybridized carbons (Fsp3) is 0.167. The zero-order valence-electron chi connectivity index (χ0n) is 27.1. The maximum absolute atomic E-state index is 8.85. The van der Waals surface area contributed by atoms with E-state index in [4.69, 9.17) is 17.8 Å². The van der Waals surface area contributed by atoms with Gasteiger partial charge in [0, 0.05) is 27.0 Å². The summed E-state index contributed by atoms with van der Waals surface area (Å²) < 4.78 is 109. The number of benzene rings is 3. The van der Waals surface area contributed by atoms with Crippen molar-refractivity contribution < 1.29 is 17.8 Å². The summed E-state index contributed by atoms with van der Waals surface area (Å²) in [7, 11) is 0. The Morgan fingerprint density at radius 3 is 2.77 bits per heavy atom. The molecule has 1 atom stereocenters. The number of fused-ring (bicyclic) bond motifs is 6. The first-order chi connectivity index (χ1) is 18.0. The first-order valence-corrected chi connectivity index (χ1v) is 8.11. The number of hydrogen-bond donors (Lipinski definition) is 1. The van der Waals surface area contributed by atoms with Gasteiger partial charge in [-0.05, 0) is 49.5 Å². The number of nitrogens with one attached hydrogen (secondary N) is 1. The van der Waals surface area contributed by atoms with Crippen LogP contribution < -0.4 is 10.2 Å². The second-order valence-corrected chi connectivity index (χ2v) is 6.23. The summed E-state index contributed by atoms with van der Waals surface area (Å²) in [6, 6.07) is -2.22. The van der Waals surface area contributed by atoms with E-state index in [-0.39, 0.29) is 81.2 Å². The smallest absolute Gasteiger partial charge is 0.130 e. The van der Waals surface area contributed by atoms with Crippen LogP contribution in [-0.2, 0) is 0 Å². The second-order valence-electron chi connectivity index (χ2n) is 6.23. The highest BCUT2D eigenvalue weighted by Crippen LogP contribution is 2.49. The van der Waals surface area contributed by atoms with Gasteiger partial charge in [-0.25, -0.2) is 0 Å². The molecule has 26 heavy (non-hydrogen) atoms. The van der Waals surface area contributed by atoms with Crippen molar-refractivity contribution in [1.29, 1.82) is 0 Å². The highest BCUT2D eigenvalue weighted by Gasteiger charge is 2.37. The molecule has 128 valence electrons. The van der Waals surface area contributed by atoms with Crippen molar-refractivity contribution in [3.05, 3.63) is 94.4 Å². The van der Waals surface area contributed by atoms with Crippen molar-refractivity contribution in [1.82, 2.24) is 5.32 Å². The van der Waals surface area contributed by atoms with E-state index in [2.05, 4.69) is 5.32 Å². The first kappa shape index (κ1) is 6.96. The Balaban J connectivity index is 1.97. The van der Waals surface area contributed by atoms with Gasteiger partial charge in [-0.1, -0.05) is 53.9 Å². The molecule has 2 aliphatic heterocycles. The van der Waals surface area contributed by atoms with Crippen molar-refractivity contribution in [2.45, 2.75) is 26.9 Å². The van der Waals surface area contributed by atoms with Gasteiger partial charge in [0.15, 0.2) is 0 Å². The van der Waals surface area contributed by atoms with Gasteiger partial charge in [-0.2, -0.15) is 0 Å². The highest BCUT2D eigenvalue weighted by atomic mass is 15.3. The van der Waals surface area contributed by atoms with Crippen molar-refractivity contribution in [3.63, 3.8) is 0 Å². The van der Waals surface area contributed by atoms with Gasteiger partial charge in [0.05, 0.1) is 25.1 Å². The largest absolute Gasteiger partial charge is 0.365 e. The molecule has 2 heteroatoms. The zero-order valence-corrected chi connectivity index (χ0v) is 14.1. The van der Waals surface area contributed by atoms with Crippen LogP contribution in [0.2, 0.25) is 0 Å². The van der Waals surface area contributed by atoms with Gasteiger partial charge < -0.3 is 10.2 Å². The second kappa shape index (κ2) is 5.50.